The van der Waals surface area contributed by atoms with Crippen molar-refractivity contribution in [2.75, 3.05) is 0 Å². The first-order valence-electron chi connectivity index (χ1n) is 7.08. The fraction of sp³-hybridized carbons (Fsp3) is 0.533. The molecule has 0 spiro atoms. The molecule has 0 bridgehead atoms. The minimum absolute atomic E-state index is 0.505. The van der Waals surface area contributed by atoms with E-state index >= 15 is 0 Å². The van der Waals surface area contributed by atoms with Crippen molar-refractivity contribution in [2.45, 2.75) is 38.5 Å². The number of hydrogen-bond acceptors (Lipinski definition) is 4. The molecule has 2 aromatic heterocycles. The van der Waals surface area contributed by atoms with Gasteiger partial charge in [0, 0.05) is 12.1 Å². The molecule has 0 N–H and O–H groups in total. The summed E-state index contributed by atoms with van der Waals surface area (Å²) in [7, 11) is 0. The lowest BCUT2D eigenvalue weighted by atomic mass is 9.98. The van der Waals surface area contributed by atoms with E-state index < -0.39 is 0 Å². The number of aryl methyl sites for hydroxylation is 1. The van der Waals surface area contributed by atoms with Crippen molar-refractivity contribution >= 4 is 0 Å². The number of pyridine rings is 1. The van der Waals surface area contributed by atoms with E-state index in [1.54, 1.807) is 6.20 Å². The summed E-state index contributed by atoms with van der Waals surface area (Å²) in [6, 6.07) is 3.95. The fourth-order valence-corrected chi connectivity index (χ4v) is 2.89. The Balaban J connectivity index is 1.67. The van der Waals surface area contributed by atoms with Crippen LogP contribution in [-0.2, 0) is 0 Å². The molecule has 2 aliphatic carbocycles. The first-order chi connectivity index (χ1) is 9.33. The molecule has 4 heteroatoms. The van der Waals surface area contributed by atoms with E-state index in [0.717, 1.165) is 29.0 Å². The third kappa shape index (κ3) is 2.05. The lowest BCUT2D eigenvalue weighted by molar-refractivity contribution is 0.325. The highest BCUT2D eigenvalue weighted by Gasteiger charge is 2.45. The van der Waals surface area contributed by atoms with Gasteiger partial charge in [-0.1, -0.05) is 11.2 Å². The molecule has 0 aromatic carbocycles. The van der Waals surface area contributed by atoms with Gasteiger partial charge in [-0.05, 0) is 56.1 Å². The van der Waals surface area contributed by atoms with Gasteiger partial charge >= 0.3 is 0 Å². The molecule has 0 unspecified atom stereocenters. The van der Waals surface area contributed by atoms with E-state index in [9.17, 15) is 0 Å². The van der Waals surface area contributed by atoms with Gasteiger partial charge in [0.15, 0.2) is 0 Å². The van der Waals surface area contributed by atoms with Crippen LogP contribution in [0.5, 0.6) is 0 Å². The molecule has 0 saturated heterocycles. The summed E-state index contributed by atoms with van der Waals surface area (Å²) in [5, 5.41) is 4.14. The molecule has 2 saturated carbocycles. The van der Waals surface area contributed by atoms with Gasteiger partial charge in [0.05, 0.1) is 0 Å². The van der Waals surface area contributed by atoms with Crippen LogP contribution in [0.1, 0.15) is 43.1 Å². The molecular weight excluding hydrogens is 238 g/mol. The Kier molecular flexibility index (Phi) is 2.43. The van der Waals surface area contributed by atoms with Crippen molar-refractivity contribution in [3.63, 3.8) is 0 Å². The van der Waals surface area contributed by atoms with E-state index in [1.807, 2.05) is 19.1 Å². The second-order valence-electron chi connectivity index (χ2n) is 5.83. The van der Waals surface area contributed by atoms with Crippen molar-refractivity contribution in [1.29, 1.82) is 0 Å². The maximum Gasteiger partial charge on any atom is 0.230 e. The topological polar surface area (TPSA) is 51.8 Å². The van der Waals surface area contributed by atoms with E-state index in [2.05, 4.69) is 15.1 Å². The van der Waals surface area contributed by atoms with Crippen LogP contribution in [0.25, 0.3) is 11.5 Å². The van der Waals surface area contributed by atoms with E-state index in [-0.39, 0.29) is 0 Å². The van der Waals surface area contributed by atoms with Gasteiger partial charge in [-0.25, -0.2) is 0 Å². The first kappa shape index (κ1) is 11.1. The molecular formula is C15H17N3O. The summed E-state index contributed by atoms with van der Waals surface area (Å²) in [4.78, 5) is 8.98. The minimum atomic E-state index is 0.505. The van der Waals surface area contributed by atoms with Gasteiger partial charge in [-0.15, -0.1) is 0 Å². The summed E-state index contributed by atoms with van der Waals surface area (Å²) in [5.74, 6) is 3.55. The van der Waals surface area contributed by atoms with Crippen LogP contribution in [-0.4, -0.2) is 15.1 Å². The molecule has 4 nitrogen and oxygen atoms in total. The summed E-state index contributed by atoms with van der Waals surface area (Å²) in [6.07, 6.45) is 7.06. The molecule has 2 aromatic rings. The zero-order chi connectivity index (χ0) is 12.8. The Bertz CT molecular complexity index is 587. The Hall–Kier alpha value is -1.71. The summed E-state index contributed by atoms with van der Waals surface area (Å²) in [6.45, 7) is 2.03. The zero-order valence-electron chi connectivity index (χ0n) is 11.0. The average molecular weight is 255 g/mol. The Labute approximate surface area is 112 Å². The average Bonchev–Trinajstić information content (AvgIpc) is 3.32. The fourth-order valence-electron chi connectivity index (χ4n) is 2.89. The van der Waals surface area contributed by atoms with Crippen LogP contribution in [0.2, 0.25) is 0 Å². The van der Waals surface area contributed by atoms with Crippen LogP contribution in [0.4, 0.5) is 0 Å². The molecule has 98 valence electrons. The predicted octanol–water partition coefficient (Wildman–Crippen LogP) is 3.34. The van der Waals surface area contributed by atoms with Crippen molar-refractivity contribution in [3.8, 4) is 11.5 Å². The molecule has 2 fully saturated rings. The highest BCUT2D eigenvalue weighted by molar-refractivity contribution is 5.53. The van der Waals surface area contributed by atoms with E-state index in [0.29, 0.717) is 11.7 Å². The maximum atomic E-state index is 5.54. The number of nitrogens with zero attached hydrogens (tertiary/aromatic N) is 3. The first-order valence-corrected chi connectivity index (χ1v) is 7.08. The maximum absolute atomic E-state index is 5.54. The SMILES string of the molecule is Cc1cccnc1-c1noc(C(C2CC2)C2CC2)n1. The molecule has 0 amide bonds. The predicted molar refractivity (Wildman–Crippen MR) is 70.5 cm³/mol. The van der Waals surface area contributed by atoms with Crippen LogP contribution in [0.3, 0.4) is 0 Å². The largest absolute Gasteiger partial charge is 0.339 e. The van der Waals surface area contributed by atoms with Crippen molar-refractivity contribution in [2.24, 2.45) is 11.8 Å². The van der Waals surface area contributed by atoms with Crippen LogP contribution < -0.4 is 0 Å². The monoisotopic (exact) mass is 255 g/mol. The van der Waals surface area contributed by atoms with Crippen molar-refractivity contribution < 1.29 is 4.52 Å². The molecule has 2 heterocycles. The summed E-state index contributed by atoms with van der Waals surface area (Å²) in [5.41, 5.74) is 1.92. The van der Waals surface area contributed by atoms with Crippen molar-refractivity contribution in [3.05, 3.63) is 29.8 Å². The third-order valence-corrected chi connectivity index (χ3v) is 4.21. The lowest BCUT2D eigenvalue weighted by Gasteiger charge is -2.08. The highest BCUT2D eigenvalue weighted by Crippen LogP contribution is 2.54. The second kappa shape index (κ2) is 4.15. The minimum Gasteiger partial charge on any atom is -0.339 e. The molecule has 0 radical (unpaired) electrons. The van der Waals surface area contributed by atoms with Gasteiger partial charge in [0.25, 0.3) is 0 Å². The standard InChI is InChI=1S/C15H17N3O/c1-9-3-2-8-16-13(9)14-17-15(19-18-14)12(10-4-5-10)11-6-7-11/h2-3,8,10-12H,4-7H2,1H3. The van der Waals surface area contributed by atoms with Gasteiger partial charge < -0.3 is 4.52 Å². The Morgan fingerprint density at radius 2 is 1.95 bits per heavy atom. The number of rotatable bonds is 4. The van der Waals surface area contributed by atoms with E-state index in [4.69, 9.17) is 4.52 Å². The normalized spacial score (nSPS) is 19.1. The highest BCUT2D eigenvalue weighted by atomic mass is 16.5. The number of aromatic nitrogens is 3. The quantitative estimate of drug-likeness (QED) is 0.840. The van der Waals surface area contributed by atoms with Gasteiger partial charge in [0.1, 0.15) is 5.69 Å². The molecule has 4 rings (SSSR count). The Morgan fingerprint density at radius 1 is 1.21 bits per heavy atom. The van der Waals surface area contributed by atoms with Gasteiger partial charge in [-0.2, -0.15) is 4.98 Å². The van der Waals surface area contributed by atoms with Gasteiger partial charge in [-0.3, -0.25) is 4.98 Å². The molecule has 19 heavy (non-hydrogen) atoms. The Morgan fingerprint density at radius 3 is 2.58 bits per heavy atom. The van der Waals surface area contributed by atoms with Crippen LogP contribution in [0.15, 0.2) is 22.9 Å². The van der Waals surface area contributed by atoms with Crippen LogP contribution in [0, 0.1) is 18.8 Å². The van der Waals surface area contributed by atoms with Gasteiger partial charge in [0.2, 0.25) is 11.7 Å². The molecule has 2 aliphatic rings. The summed E-state index contributed by atoms with van der Waals surface area (Å²) < 4.78 is 5.54. The van der Waals surface area contributed by atoms with Crippen LogP contribution >= 0.6 is 0 Å². The smallest absolute Gasteiger partial charge is 0.230 e. The van der Waals surface area contributed by atoms with E-state index in [1.165, 1.54) is 25.7 Å². The second-order valence-corrected chi connectivity index (χ2v) is 5.83. The zero-order valence-corrected chi connectivity index (χ0v) is 11.0. The third-order valence-electron chi connectivity index (χ3n) is 4.21. The number of hydrogen-bond donors (Lipinski definition) is 0. The lowest BCUT2D eigenvalue weighted by Crippen LogP contribution is -2.04. The molecule has 0 aliphatic heterocycles. The molecule has 0 atom stereocenters. The summed E-state index contributed by atoms with van der Waals surface area (Å²) >= 11 is 0. The van der Waals surface area contributed by atoms with Crippen molar-refractivity contribution in [1.82, 2.24) is 15.1 Å².